The third-order valence-electron chi connectivity index (χ3n) is 4.33. The Morgan fingerprint density at radius 3 is 2.69 bits per heavy atom. The Bertz CT molecular complexity index is 248. The molecule has 1 N–H and O–H groups in total. The highest BCUT2D eigenvalue weighted by Crippen LogP contribution is 2.37. The van der Waals surface area contributed by atoms with Crippen LogP contribution in [0.2, 0.25) is 0 Å². The molecule has 0 aromatic heterocycles. The van der Waals surface area contributed by atoms with Crippen molar-refractivity contribution in [2.75, 3.05) is 19.6 Å². The molecule has 1 heterocycles. The van der Waals surface area contributed by atoms with Gasteiger partial charge >= 0.3 is 0 Å². The Balaban J connectivity index is 1.91. The third-order valence-corrected chi connectivity index (χ3v) is 4.33. The van der Waals surface area contributed by atoms with Gasteiger partial charge in [0.1, 0.15) is 6.29 Å². The highest BCUT2D eigenvalue weighted by atomic mass is 16.3. The van der Waals surface area contributed by atoms with Gasteiger partial charge in [0, 0.05) is 25.0 Å². The Hall–Kier alpha value is -0.410. The van der Waals surface area contributed by atoms with E-state index in [0.717, 1.165) is 38.9 Å². The second-order valence-electron chi connectivity index (χ2n) is 5.76. The molecule has 2 rings (SSSR count). The quantitative estimate of drug-likeness (QED) is 0.739. The monoisotopic (exact) mass is 225 g/mol. The molecule has 0 spiro atoms. The van der Waals surface area contributed by atoms with Crippen LogP contribution in [-0.2, 0) is 4.79 Å². The number of nitrogens with zero attached hydrogens (tertiary/aromatic N) is 1. The number of piperidine rings is 1. The largest absolute Gasteiger partial charge is 0.393 e. The van der Waals surface area contributed by atoms with Gasteiger partial charge in [-0.15, -0.1) is 0 Å². The van der Waals surface area contributed by atoms with Crippen molar-refractivity contribution in [1.29, 1.82) is 0 Å². The van der Waals surface area contributed by atoms with Crippen LogP contribution in [0.4, 0.5) is 0 Å². The lowest BCUT2D eigenvalue weighted by molar-refractivity contribution is -0.117. The maximum absolute atomic E-state index is 11.3. The van der Waals surface area contributed by atoms with Gasteiger partial charge in [-0.3, -0.25) is 0 Å². The second-order valence-corrected chi connectivity index (χ2v) is 5.76. The number of aliphatic hydroxyl groups is 1. The average molecular weight is 225 g/mol. The third kappa shape index (κ3) is 2.46. The molecule has 2 aliphatic rings. The maximum Gasteiger partial charge on any atom is 0.127 e. The summed E-state index contributed by atoms with van der Waals surface area (Å²) in [5.41, 5.74) is -0.0674. The van der Waals surface area contributed by atoms with Crippen LogP contribution < -0.4 is 0 Å². The molecular weight excluding hydrogens is 202 g/mol. The highest BCUT2D eigenvalue weighted by Gasteiger charge is 2.37. The molecule has 0 amide bonds. The molecule has 0 aromatic rings. The van der Waals surface area contributed by atoms with Crippen molar-refractivity contribution in [3.8, 4) is 0 Å². The van der Waals surface area contributed by atoms with E-state index in [1.165, 1.54) is 19.1 Å². The van der Waals surface area contributed by atoms with E-state index in [4.69, 9.17) is 0 Å². The van der Waals surface area contributed by atoms with Gasteiger partial charge in [0.05, 0.1) is 6.10 Å². The van der Waals surface area contributed by atoms with Crippen LogP contribution in [0.3, 0.4) is 0 Å². The molecule has 1 saturated carbocycles. The summed E-state index contributed by atoms with van der Waals surface area (Å²) in [5.74, 6) is 0.346. The van der Waals surface area contributed by atoms with E-state index in [1.54, 1.807) is 0 Å². The summed E-state index contributed by atoms with van der Waals surface area (Å²) in [7, 11) is 0. The van der Waals surface area contributed by atoms with Crippen molar-refractivity contribution in [3.05, 3.63) is 0 Å². The van der Waals surface area contributed by atoms with E-state index in [2.05, 4.69) is 11.8 Å². The topological polar surface area (TPSA) is 40.5 Å². The summed E-state index contributed by atoms with van der Waals surface area (Å²) in [6.07, 6.45) is 6.42. The van der Waals surface area contributed by atoms with Crippen molar-refractivity contribution >= 4 is 6.29 Å². The van der Waals surface area contributed by atoms with E-state index in [-0.39, 0.29) is 11.5 Å². The Labute approximate surface area is 97.8 Å². The van der Waals surface area contributed by atoms with Gasteiger partial charge in [-0.1, -0.05) is 19.8 Å². The molecule has 3 nitrogen and oxygen atoms in total. The lowest BCUT2D eigenvalue weighted by atomic mass is 9.86. The molecule has 0 aromatic carbocycles. The van der Waals surface area contributed by atoms with Crippen molar-refractivity contribution in [3.63, 3.8) is 0 Å². The van der Waals surface area contributed by atoms with Crippen molar-refractivity contribution in [2.24, 2.45) is 11.3 Å². The zero-order chi connectivity index (χ0) is 11.6. The number of aldehydes is 1. The summed E-state index contributed by atoms with van der Waals surface area (Å²) in [6.45, 7) is 4.89. The van der Waals surface area contributed by atoms with Crippen LogP contribution in [0.1, 0.15) is 39.0 Å². The van der Waals surface area contributed by atoms with Crippen LogP contribution in [0.25, 0.3) is 0 Å². The van der Waals surface area contributed by atoms with Gasteiger partial charge in [-0.2, -0.15) is 0 Å². The molecule has 1 saturated heterocycles. The molecular formula is C13H23NO2. The molecule has 3 heteroatoms. The first-order chi connectivity index (χ1) is 7.65. The number of carbonyl (C=O) groups excluding carboxylic acids is 1. The van der Waals surface area contributed by atoms with Crippen LogP contribution in [0.15, 0.2) is 0 Å². The first-order valence-electron chi connectivity index (χ1n) is 6.52. The van der Waals surface area contributed by atoms with Crippen LogP contribution >= 0.6 is 0 Å². The lowest BCUT2D eigenvalue weighted by Crippen LogP contribution is -2.46. The minimum absolute atomic E-state index is 0.0674. The summed E-state index contributed by atoms with van der Waals surface area (Å²) in [4.78, 5) is 13.6. The molecule has 0 radical (unpaired) electrons. The number of hydrogen-bond donors (Lipinski definition) is 1. The highest BCUT2D eigenvalue weighted by molar-refractivity contribution is 5.60. The molecule has 92 valence electrons. The second kappa shape index (κ2) is 4.84. The van der Waals surface area contributed by atoms with Crippen LogP contribution in [0, 0.1) is 11.3 Å². The molecule has 1 aliphatic carbocycles. The Morgan fingerprint density at radius 2 is 2.12 bits per heavy atom. The maximum atomic E-state index is 11.3. The number of hydrogen-bond acceptors (Lipinski definition) is 3. The first kappa shape index (κ1) is 12.1. The van der Waals surface area contributed by atoms with E-state index >= 15 is 0 Å². The molecule has 16 heavy (non-hydrogen) atoms. The first-order valence-corrected chi connectivity index (χ1v) is 6.52. The molecule has 2 unspecified atom stereocenters. The van der Waals surface area contributed by atoms with E-state index < -0.39 is 0 Å². The Kier molecular flexibility index (Phi) is 3.65. The van der Waals surface area contributed by atoms with E-state index in [1.807, 2.05) is 0 Å². The SMILES string of the molecule is CC1CN(CC2(C=O)CCCC2)CCC1O. The van der Waals surface area contributed by atoms with E-state index in [9.17, 15) is 9.90 Å². The fraction of sp³-hybridized carbons (Fsp3) is 0.923. The predicted molar refractivity (Wildman–Crippen MR) is 63.2 cm³/mol. The fourth-order valence-electron chi connectivity index (χ4n) is 3.20. The van der Waals surface area contributed by atoms with E-state index in [0.29, 0.717) is 5.92 Å². The summed E-state index contributed by atoms with van der Waals surface area (Å²) in [5, 5.41) is 9.68. The minimum atomic E-state index is -0.146. The zero-order valence-corrected chi connectivity index (χ0v) is 10.2. The van der Waals surface area contributed by atoms with Gasteiger partial charge < -0.3 is 14.8 Å². The lowest BCUT2D eigenvalue weighted by Gasteiger charge is -2.38. The standard InChI is InChI=1S/C13H23NO2/c1-11-8-14(7-4-12(11)16)9-13(10-15)5-2-3-6-13/h10-12,16H,2-9H2,1H3. The molecule has 1 aliphatic heterocycles. The van der Waals surface area contributed by atoms with Gasteiger partial charge in [0.25, 0.3) is 0 Å². The van der Waals surface area contributed by atoms with Crippen LogP contribution in [0.5, 0.6) is 0 Å². The summed E-state index contributed by atoms with van der Waals surface area (Å²) >= 11 is 0. The average Bonchev–Trinajstić information content (AvgIpc) is 2.73. The van der Waals surface area contributed by atoms with Gasteiger partial charge in [-0.25, -0.2) is 0 Å². The number of rotatable bonds is 3. The van der Waals surface area contributed by atoms with Crippen molar-refractivity contribution in [1.82, 2.24) is 4.90 Å². The van der Waals surface area contributed by atoms with Gasteiger partial charge in [-0.05, 0) is 25.2 Å². The molecule has 2 atom stereocenters. The predicted octanol–water partition coefficient (Wildman–Crippen LogP) is 1.45. The van der Waals surface area contributed by atoms with Gasteiger partial charge in [0.2, 0.25) is 0 Å². The number of likely N-dealkylation sites (tertiary alicyclic amines) is 1. The molecule has 0 bridgehead atoms. The van der Waals surface area contributed by atoms with Crippen molar-refractivity contribution < 1.29 is 9.90 Å². The number of aliphatic hydroxyl groups excluding tert-OH is 1. The molecule has 2 fully saturated rings. The normalized spacial score (nSPS) is 35.1. The Morgan fingerprint density at radius 1 is 1.44 bits per heavy atom. The van der Waals surface area contributed by atoms with Crippen LogP contribution in [-0.4, -0.2) is 42.0 Å². The smallest absolute Gasteiger partial charge is 0.127 e. The summed E-state index contributed by atoms with van der Waals surface area (Å²) < 4.78 is 0. The minimum Gasteiger partial charge on any atom is -0.393 e. The number of carbonyl (C=O) groups is 1. The van der Waals surface area contributed by atoms with Gasteiger partial charge in [0.15, 0.2) is 0 Å². The fourth-order valence-corrected chi connectivity index (χ4v) is 3.20. The zero-order valence-electron chi connectivity index (χ0n) is 10.2. The summed E-state index contributed by atoms with van der Waals surface area (Å²) in [6, 6.07) is 0. The van der Waals surface area contributed by atoms with Crippen molar-refractivity contribution in [2.45, 2.75) is 45.1 Å².